The number of hydrogen-bond acceptors (Lipinski definition) is 12. The lowest BCUT2D eigenvalue weighted by Crippen LogP contribution is -2.41. The van der Waals surface area contributed by atoms with E-state index in [4.69, 9.17) is 19.9 Å². The maximum atomic E-state index is 13.5. The summed E-state index contributed by atoms with van der Waals surface area (Å²) in [6.07, 6.45) is -4.18. The van der Waals surface area contributed by atoms with Gasteiger partial charge in [0.2, 0.25) is 11.9 Å². The molecular weight excluding hydrogens is 695 g/mol. The number of anilines is 2. The van der Waals surface area contributed by atoms with E-state index in [0.717, 1.165) is 18.3 Å². The van der Waals surface area contributed by atoms with Crippen LogP contribution < -0.4 is 26.8 Å². The van der Waals surface area contributed by atoms with Crippen molar-refractivity contribution in [1.82, 2.24) is 35.5 Å². The van der Waals surface area contributed by atoms with Gasteiger partial charge in [-0.3, -0.25) is 29.1 Å². The lowest BCUT2D eigenvalue weighted by atomic mass is 10.1. The number of nitrogens with one attached hydrogen (secondary N) is 3. The molecule has 0 atom stereocenters. The second-order valence-corrected chi connectivity index (χ2v) is 12.3. The van der Waals surface area contributed by atoms with Crippen molar-refractivity contribution in [2.45, 2.75) is 51.9 Å². The number of benzene rings is 1. The van der Waals surface area contributed by atoms with Gasteiger partial charge in [-0.25, -0.2) is 14.8 Å². The van der Waals surface area contributed by atoms with E-state index in [1.165, 1.54) is 17.0 Å². The van der Waals surface area contributed by atoms with Crippen LogP contribution in [0.3, 0.4) is 0 Å². The Kier molecular flexibility index (Phi) is 14.8. The van der Waals surface area contributed by atoms with Crippen LogP contribution in [0.25, 0.3) is 11.2 Å². The highest BCUT2D eigenvalue weighted by molar-refractivity contribution is 5.98. The maximum absolute atomic E-state index is 13.5. The molecule has 0 saturated heterocycles. The predicted molar refractivity (Wildman–Crippen MR) is 181 cm³/mol. The molecule has 0 saturated carbocycles. The Labute approximate surface area is 296 Å². The quantitative estimate of drug-likeness (QED) is 0.146. The largest absolute Gasteiger partial charge is 0.471 e. The van der Waals surface area contributed by atoms with Crippen LogP contribution in [0.2, 0.25) is 0 Å². The van der Waals surface area contributed by atoms with Crippen LogP contribution >= 0.6 is 0 Å². The average Bonchev–Trinajstić information content (AvgIpc) is 3.06. The fourth-order valence-electron chi connectivity index (χ4n) is 4.29. The van der Waals surface area contributed by atoms with Crippen molar-refractivity contribution in [2.24, 2.45) is 0 Å². The number of rotatable bonds is 17. The summed E-state index contributed by atoms with van der Waals surface area (Å²) in [6, 6.07) is 4.81. The molecule has 0 aliphatic heterocycles. The predicted octanol–water partition coefficient (Wildman–Crippen LogP) is 1.92. The summed E-state index contributed by atoms with van der Waals surface area (Å²) < 4.78 is 56.6. The van der Waals surface area contributed by atoms with E-state index in [2.05, 4.69) is 30.6 Å². The third kappa shape index (κ3) is 13.4. The number of H-pyrrole nitrogens is 1. The molecule has 0 radical (unpaired) electrons. The van der Waals surface area contributed by atoms with Crippen molar-refractivity contribution in [3.8, 4) is 0 Å². The lowest BCUT2D eigenvalue weighted by molar-refractivity contribution is -0.170. The minimum Gasteiger partial charge on any atom is -0.444 e. The smallest absolute Gasteiger partial charge is 0.444 e. The highest BCUT2D eigenvalue weighted by Gasteiger charge is 2.43. The summed E-state index contributed by atoms with van der Waals surface area (Å²) in [6.45, 7) is 6.59. The van der Waals surface area contributed by atoms with Gasteiger partial charge < -0.3 is 35.5 Å². The molecular formula is C32H42F3N9O8. The van der Waals surface area contributed by atoms with Crippen LogP contribution in [0, 0.1) is 0 Å². The van der Waals surface area contributed by atoms with Crippen LogP contribution in [-0.4, -0.2) is 114 Å². The van der Waals surface area contributed by atoms with Crippen LogP contribution in [0.5, 0.6) is 0 Å². The van der Waals surface area contributed by atoms with Crippen molar-refractivity contribution in [3.63, 3.8) is 0 Å². The average molecular weight is 738 g/mol. The van der Waals surface area contributed by atoms with E-state index in [9.17, 15) is 37.1 Å². The van der Waals surface area contributed by atoms with Gasteiger partial charge in [0.05, 0.1) is 44.9 Å². The molecule has 1 aromatic carbocycles. The van der Waals surface area contributed by atoms with Gasteiger partial charge in [0.25, 0.3) is 11.5 Å². The Morgan fingerprint density at radius 3 is 2.27 bits per heavy atom. The van der Waals surface area contributed by atoms with E-state index in [-0.39, 0.29) is 66.1 Å². The zero-order chi connectivity index (χ0) is 38.5. The molecule has 4 amide bonds. The van der Waals surface area contributed by atoms with Crippen molar-refractivity contribution >= 4 is 46.6 Å². The molecule has 0 spiro atoms. The van der Waals surface area contributed by atoms with E-state index < -0.39 is 41.8 Å². The number of carbonyl (C=O) groups is 4. The number of fused-ring (bicyclic) bond motifs is 1. The molecule has 5 N–H and O–H groups in total. The van der Waals surface area contributed by atoms with Crippen LogP contribution in [0.1, 0.15) is 49.7 Å². The van der Waals surface area contributed by atoms with Crippen LogP contribution in [0.4, 0.5) is 29.6 Å². The minimum absolute atomic E-state index is 0.101. The summed E-state index contributed by atoms with van der Waals surface area (Å²) in [5, 5.41) is 5.32. The number of aromatic nitrogens is 4. The summed E-state index contributed by atoms with van der Waals surface area (Å²) in [4.78, 5) is 76.8. The minimum atomic E-state index is -5.24. The summed E-state index contributed by atoms with van der Waals surface area (Å²) in [5.74, 6) is -3.22. The number of amides is 4. The van der Waals surface area contributed by atoms with Gasteiger partial charge in [-0.05, 0) is 51.5 Å². The Bertz CT molecular complexity index is 1750. The number of alkyl halides is 3. The highest BCUT2D eigenvalue weighted by atomic mass is 19.4. The standard InChI is InChI=1S/C32H42F3N9O8/c1-31(2,3)52-30(49)43(4)13-15-51-17-16-50-14-12-37-23(45)6-5-11-38-26(46)20-7-9-22(10-8-20)44(28(48)32(33,34)35)19-21-18-39-25-24(40-21)27(47)42-29(36)41-25/h7-10,18H,5-6,11-17,19H2,1-4H3,(H,37,45)(H,38,46)(H3,36,39,41,42,47). The first kappa shape index (κ1) is 41.1. The first-order valence-electron chi connectivity index (χ1n) is 16.1. The normalized spacial score (nSPS) is 11.6. The molecule has 0 fully saturated rings. The first-order valence-corrected chi connectivity index (χ1v) is 16.1. The topological polar surface area (TPSA) is 224 Å². The number of aromatic amines is 1. The van der Waals surface area contributed by atoms with Crippen molar-refractivity contribution in [2.75, 3.05) is 63.7 Å². The van der Waals surface area contributed by atoms with E-state index >= 15 is 0 Å². The Balaban J connectivity index is 1.37. The number of likely N-dealkylation sites (N-methyl/N-ethyl adjacent to an activating group) is 1. The molecule has 0 aliphatic rings. The number of halogens is 3. The molecule has 20 heteroatoms. The fraction of sp³-hybridized carbons (Fsp3) is 0.500. The molecule has 52 heavy (non-hydrogen) atoms. The summed E-state index contributed by atoms with van der Waals surface area (Å²) in [7, 11) is 1.62. The van der Waals surface area contributed by atoms with Crippen molar-refractivity contribution < 1.29 is 46.6 Å². The zero-order valence-corrected chi connectivity index (χ0v) is 29.2. The second kappa shape index (κ2) is 18.7. The Hall–Kier alpha value is -5.37. The van der Waals surface area contributed by atoms with E-state index in [0.29, 0.717) is 37.7 Å². The molecule has 0 unspecified atom stereocenters. The van der Waals surface area contributed by atoms with Crippen LogP contribution in [-0.2, 0) is 30.3 Å². The molecule has 2 heterocycles. The number of nitrogens with zero attached hydrogens (tertiary/aromatic N) is 5. The van der Waals surface area contributed by atoms with Gasteiger partial charge in [0.15, 0.2) is 11.2 Å². The fourth-order valence-corrected chi connectivity index (χ4v) is 4.29. The monoisotopic (exact) mass is 737 g/mol. The molecule has 0 aliphatic carbocycles. The summed E-state index contributed by atoms with van der Waals surface area (Å²) >= 11 is 0. The SMILES string of the molecule is CN(CCOCCOCCNC(=O)CCCNC(=O)c1ccc(N(Cc2cnc3nc(N)[nH]c(=O)c3n2)C(=O)C(F)(F)F)cc1)C(=O)OC(C)(C)C. The van der Waals surface area contributed by atoms with E-state index in [1.54, 1.807) is 27.8 Å². The van der Waals surface area contributed by atoms with Crippen molar-refractivity contribution in [1.29, 1.82) is 0 Å². The van der Waals surface area contributed by atoms with E-state index in [1.807, 2.05) is 0 Å². The summed E-state index contributed by atoms with van der Waals surface area (Å²) in [5.41, 5.74) is 3.50. The van der Waals surface area contributed by atoms with Gasteiger partial charge in [0, 0.05) is 44.4 Å². The number of carbonyl (C=O) groups excluding carboxylic acids is 4. The zero-order valence-electron chi connectivity index (χ0n) is 29.2. The van der Waals surface area contributed by atoms with Gasteiger partial charge in [0.1, 0.15) is 5.60 Å². The Morgan fingerprint density at radius 2 is 1.62 bits per heavy atom. The molecule has 0 bridgehead atoms. The highest BCUT2D eigenvalue weighted by Crippen LogP contribution is 2.26. The third-order valence-corrected chi connectivity index (χ3v) is 6.82. The molecule has 284 valence electrons. The van der Waals surface area contributed by atoms with Gasteiger partial charge in [-0.2, -0.15) is 18.2 Å². The molecule has 2 aromatic heterocycles. The first-order chi connectivity index (χ1) is 24.4. The molecule has 3 aromatic rings. The van der Waals surface area contributed by atoms with Gasteiger partial charge >= 0.3 is 18.2 Å². The number of hydrogen-bond donors (Lipinski definition) is 4. The van der Waals surface area contributed by atoms with Gasteiger partial charge in [-0.1, -0.05) is 0 Å². The number of nitrogens with two attached hydrogens (primary N) is 1. The number of nitrogen functional groups attached to an aromatic ring is 1. The Morgan fingerprint density at radius 1 is 0.942 bits per heavy atom. The third-order valence-electron chi connectivity index (χ3n) is 6.82. The van der Waals surface area contributed by atoms with Gasteiger partial charge in [-0.15, -0.1) is 0 Å². The molecule has 3 rings (SSSR count). The number of ether oxygens (including phenoxy) is 3. The maximum Gasteiger partial charge on any atom is 0.471 e. The van der Waals surface area contributed by atoms with Crippen LogP contribution in [0.15, 0.2) is 35.3 Å². The lowest BCUT2D eigenvalue weighted by Gasteiger charge is -2.24. The van der Waals surface area contributed by atoms with Crippen molar-refractivity contribution in [3.05, 3.63) is 52.1 Å². The molecule has 17 nitrogen and oxygen atoms in total. The second-order valence-electron chi connectivity index (χ2n) is 12.3.